The molecule has 0 aromatic carbocycles. The highest BCUT2D eigenvalue weighted by atomic mass is 31.1. The fourth-order valence-corrected chi connectivity index (χ4v) is 3.15. The van der Waals surface area contributed by atoms with Crippen LogP contribution in [0.15, 0.2) is 17.3 Å². The maximum absolute atomic E-state index is 4.03. The Bertz CT molecular complexity index is 227. The van der Waals surface area contributed by atoms with Crippen molar-refractivity contribution >= 4 is 20.2 Å². The van der Waals surface area contributed by atoms with Gasteiger partial charge in [-0.2, -0.15) is 0 Å². The highest BCUT2D eigenvalue weighted by Gasteiger charge is 2.14. The maximum atomic E-state index is 4.03. The van der Waals surface area contributed by atoms with Crippen LogP contribution in [0.25, 0.3) is 0 Å². The Labute approximate surface area is 103 Å². The monoisotopic (exact) mass is 239 g/mol. The van der Waals surface area contributed by atoms with Crippen LogP contribution in [0.4, 0.5) is 0 Å². The van der Waals surface area contributed by atoms with Gasteiger partial charge in [0.25, 0.3) is 0 Å². The second-order valence-corrected chi connectivity index (χ2v) is 5.04. The smallest absolute Gasteiger partial charge is 0.0267 e. The summed E-state index contributed by atoms with van der Waals surface area (Å²) in [6.45, 7) is 8.87. The summed E-state index contributed by atoms with van der Waals surface area (Å²) in [5, 5.41) is 0. The van der Waals surface area contributed by atoms with Gasteiger partial charge in [0.1, 0.15) is 0 Å². The first-order valence-electron chi connectivity index (χ1n) is 6.42. The predicted octanol–water partition coefficient (Wildman–Crippen LogP) is 4.80. The van der Waals surface area contributed by atoms with E-state index in [0.717, 1.165) is 11.8 Å². The molecule has 0 aliphatic carbocycles. The van der Waals surface area contributed by atoms with Gasteiger partial charge in [0.2, 0.25) is 0 Å². The summed E-state index contributed by atoms with van der Waals surface area (Å²) in [6, 6.07) is 0. The minimum atomic E-state index is 0.885. The normalized spacial score (nSPS) is 14.8. The zero-order valence-corrected chi connectivity index (χ0v) is 12.1. The molecule has 0 heterocycles. The number of aliphatic imine (C=N–C) groups is 1. The summed E-state index contributed by atoms with van der Waals surface area (Å²) in [4.78, 5) is 4.03. The van der Waals surface area contributed by atoms with Crippen molar-refractivity contribution in [1.82, 2.24) is 0 Å². The van der Waals surface area contributed by atoms with Gasteiger partial charge in [0.05, 0.1) is 0 Å². The van der Waals surface area contributed by atoms with Crippen molar-refractivity contribution in [3.05, 3.63) is 12.3 Å². The quantitative estimate of drug-likeness (QED) is 0.426. The average molecular weight is 239 g/mol. The first-order valence-corrected chi connectivity index (χ1v) is 7.57. The highest BCUT2D eigenvalue weighted by Crippen LogP contribution is 2.25. The minimum absolute atomic E-state index is 0.885. The van der Waals surface area contributed by atoms with Crippen molar-refractivity contribution in [3.63, 3.8) is 0 Å². The topological polar surface area (TPSA) is 12.4 Å². The van der Waals surface area contributed by atoms with E-state index in [9.17, 15) is 0 Å². The zero-order chi connectivity index (χ0) is 12.2. The molecule has 0 aromatic heterocycles. The van der Waals surface area contributed by atoms with Gasteiger partial charge in [-0.3, -0.25) is 4.99 Å². The van der Waals surface area contributed by atoms with Crippen LogP contribution >= 0.6 is 8.20 Å². The SMILES string of the molecule is C\C=N/C=C\C=P\CC(CC)C(CC)CC. The Morgan fingerprint density at radius 2 is 1.69 bits per heavy atom. The van der Waals surface area contributed by atoms with E-state index in [1.54, 1.807) is 6.21 Å². The lowest BCUT2D eigenvalue weighted by atomic mass is 9.87. The molecular weight excluding hydrogens is 213 g/mol. The van der Waals surface area contributed by atoms with E-state index in [1.165, 1.54) is 33.6 Å². The largest absolute Gasteiger partial charge is 0.269 e. The first kappa shape index (κ1) is 15.6. The van der Waals surface area contributed by atoms with Crippen molar-refractivity contribution in [1.29, 1.82) is 0 Å². The van der Waals surface area contributed by atoms with Gasteiger partial charge >= 0.3 is 0 Å². The van der Waals surface area contributed by atoms with Gasteiger partial charge in [-0.25, -0.2) is 0 Å². The fourth-order valence-electron chi connectivity index (χ4n) is 2.00. The van der Waals surface area contributed by atoms with E-state index < -0.39 is 0 Å². The van der Waals surface area contributed by atoms with E-state index in [-0.39, 0.29) is 0 Å². The molecule has 0 rings (SSSR count). The third-order valence-corrected chi connectivity index (χ3v) is 4.16. The van der Waals surface area contributed by atoms with Crippen molar-refractivity contribution in [2.24, 2.45) is 16.8 Å². The molecule has 0 aromatic rings. The number of rotatable bonds is 8. The van der Waals surface area contributed by atoms with Crippen molar-refractivity contribution in [2.45, 2.75) is 47.0 Å². The highest BCUT2D eigenvalue weighted by molar-refractivity contribution is 7.38. The number of allylic oxidation sites excluding steroid dienone is 1. The van der Waals surface area contributed by atoms with E-state index in [4.69, 9.17) is 0 Å². The van der Waals surface area contributed by atoms with Gasteiger partial charge in [-0.15, -0.1) is 8.20 Å². The van der Waals surface area contributed by atoms with E-state index in [1.807, 2.05) is 19.2 Å². The molecule has 0 radical (unpaired) electrons. The summed E-state index contributed by atoms with van der Waals surface area (Å²) in [5.74, 6) is 4.00. The summed E-state index contributed by atoms with van der Waals surface area (Å²) in [7, 11) is 1.43. The second-order valence-electron chi connectivity index (χ2n) is 4.01. The molecule has 0 aliphatic heterocycles. The molecule has 0 aliphatic rings. The van der Waals surface area contributed by atoms with Gasteiger partial charge in [-0.05, 0) is 36.8 Å². The lowest BCUT2D eigenvalue weighted by Crippen LogP contribution is -2.14. The summed E-state index contributed by atoms with van der Waals surface area (Å²) < 4.78 is 0. The van der Waals surface area contributed by atoms with Crippen LogP contribution in [0.3, 0.4) is 0 Å². The second kappa shape index (κ2) is 11.1. The molecule has 1 atom stereocenters. The van der Waals surface area contributed by atoms with Crippen LogP contribution in [0.5, 0.6) is 0 Å². The maximum Gasteiger partial charge on any atom is 0.0267 e. The van der Waals surface area contributed by atoms with Crippen molar-refractivity contribution in [2.75, 3.05) is 6.16 Å². The zero-order valence-electron chi connectivity index (χ0n) is 11.2. The molecule has 0 N–H and O–H groups in total. The predicted molar refractivity (Wildman–Crippen MR) is 79.0 cm³/mol. The third-order valence-electron chi connectivity index (χ3n) is 3.09. The molecule has 2 heteroatoms. The molecule has 0 saturated carbocycles. The van der Waals surface area contributed by atoms with Crippen LogP contribution in [0, 0.1) is 11.8 Å². The first-order chi connectivity index (χ1) is 7.79. The summed E-state index contributed by atoms with van der Waals surface area (Å²) >= 11 is 0. The molecular formula is C14H26NP. The van der Waals surface area contributed by atoms with Crippen LogP contribution in [0.2, 0.25) is 0 Å². The molecule has 1 unspecified atom stereocenters. The number of nitrogens with zero attached hydrogens (tertiary/aromatic N) is 1. The van der Waals surface area contributed by atoms with Gasteiger partial charge in [0, 0.05) is 12.4 Å². The third kappa shape index (κ3) is 6.95. The molecule has 1 nitrogen and oxygen atoms in total. The minimum Gasteiger partial charge on any atom is -0.269 e. The molecule has 0 bridgehead atoms. The standard InChI is InChI=1S/C14H26NP/c1-5-13(6-2)14(7-3)12-16-11-9-10-15-8-4/h8-11,13-14H,5-7,12H2,1-4H3/b10-9-,15-8-. The average Bonchev–Trinajstić information content (AvgIpc) is 2.32. The van der Waals surface area contributed by atoms with Gasteiger partial charge < -0.3 is 0 Å². The molecule has 92 valence electrons. The van der Waals surface area contributed by atoms with Crippen LogP contribution in [-0.2, 0) is 0 Å². The lowest BCUT2D eigenvalue weighted by molar-refractivity contribution is 0.334. The Kier molecular flexibility index (Phi) is 10.8. The van der Waals surface area contributed by atoms with E-state index in [2.05, 4.69) is 31.6 Å². The Hall–Kier alpha value is -0.420. The fraction of sp³-hybridized carbons (Fsp3) is 0.714. The van der Waals surface area contributed by atoms with E-state index >= 15 is 0 Å². The molecule has 16 heavy (non-hydrogen) atoms. The van der Waals surface area contributed by atoms with E-state index in [0.29, 0.717) is 0 Å². The van der Waals surface area contributed by atoms with Crippen LogP contribution in [0.1, 0.15) is 47.0 Å². The summed E-state index contributed by atoms with van der Waals surface area (Å²) in [6.07, 6.45) is 10.9. The molecule has 0 spiro atoms. The molecule has 0 fully saturated rings. The van der Waals surface area contributed by atoms with Crippen molar-refractivity contribution < 1.29 is 0 Å². The summed E-state index contributed by atoms with van der Waals surface area (Å²) in [5.41, 5.74) is 0. The Morgan fingerprint density at radius 3 is 2.19 bits per heavy atom. The van der Waals surface area contributed by atoms with Gasteiger partial charge in [0.15, 0.2) is 0 Å². The van der Waals surface area contributed by atoms with Crippen molar-refractivity contribution in [3.8, 4) is 0 Å². The number of hydrogen-bond donors (Lipinski definition) is 0. The van der Waals surface area contributed by atoms with Crippen LogP contribution in [-0.4, -0.2) is 18.2 Å². The Balaban J connectivity index is 4.03. The molecule has 0 saturated heterocycles. The Morgan fingerprint density at radius 1 is 1.06 bits per heavy atom. The lowest BCUT2D eigenvalue weighted by Gasteiger charge is -2.22. The number of hydrogen-bond acceptors (Lipinski definition) is 1. The van der Waals surface area contributed by atoms with Crippen LogP contribution < -0.4 is 0 Å². The van der Waals surface area contributed by atoms with Gasteiger partial charge in [-0.1, -0.05) is 40.0 Å². The molecule has 0 amide bonds.